The molecule has 3 aromatic rings. The van der Waals surface area contributed by atoms with Crippen molar-refractivity contribution in [1.82, 2.24) is 20.9 Å². The molecule has 0 saturated carbocycles. The topological polar surface area (TPSA) is 81.3 Å². The maximum absolute atomic E-state index is 13.4. The molecule has 6 nitrogen and oxygen atoms in total. The maximum Gasteiger partial charge on any atom is 0.251 e. The van der Waals surface area contributed by atoms with Crippen LogP contribution in [0.3, 0.4) is 0 Å². The maximum atomic E-state index is 13.4. The van der Waals surface area contributed by atoms with Crippen LogP contribution in [0.15, 0.2) is 53.7 Å². The number of H-pyrrole nitrogens is 1. The number of benzene rings is 2. The number of aromatic nitrogens is 1. The molecule has 0 bridgehead atoms. The van der Waals surface area contributed by atoms with Crippen molar-refractivity contribution in [2.45, 2.75) is 33.2 Å². The fraction of sp³-hybridized carbons (Fsp3) is 0.333. The molecule has 0 radical (unpaired) electrons. The molecule has 0 spiro atoms. The molecule has 0 fully saturated rings. The van der Waals surface area contributed by atoms with Crippen LogP contribution in [0.4, 0.5) is 4.39 Å². The lowest BCUT2D eigenvalue weighted by Crippen LogP contribution is -2.38. The van der Waals surface area contributed by atoms with E-state index in [1.165, 1.54) is 12.1 Å². The van der Waals surface area contributed by atoms with Gasteiger partial charge in [0, 0.05) is 42.3 Å². The molecule has 0 aliphatic rings. The Labute approximate surface area is 205 Å². The van der Waals surface area contributed by atoms with Gasteiger partial charge in [0.15, 0.2) is 5.96 Å². The highest BCUT2D eigenvalue weighted by molar-refractivity contribution is 14.0. The number of carbonyl (C=O) groups excluding carboxylic acids is 1. The molecule has 172 valence electrons. The van der Waals surface area contributed by atoms with Crippen molar-refractivity contribution in [1.29, 1.82) is 0 Å². The number of rotatable bonds is 9. The highest BCUT2D eigenvalue weighted by Gasteiger charge is 2.07. The summed E-state index contributed by atoms with van der Waals surface area (Å²) < 4.78 is 13.4. The van der Waals surface area contributed by atoms with Crippen LogP contribution in [0.2, 0.25) is 0 Å². The van der Waals surface area contributed by atoms with E-state index in [1.807, 2.05) is 44.3 Å². The summed E-state index contributed by atoms with van der Waals surface area (Å²) in [6, 6.07) is 12.3. The van der Waals surface area contributed by atoms with Crippen molar-refractivity contribution in [3.63, 3.8) is 0 Å². The fourth-order valence-electron chi connectivity index (χ4n) is 3.34. The van der Waals surface area contributed by atoms with E-state index in [4.69, 9.17) is 0 Å². The number of hydrogen-bond donors (Lipinski definition) is 4. The molecule has 0 unspecified atom stereocenters. The van der Waals surface area contributed by atoms with Gasteiger partial charge in [-0.2, -0.15) is 0 Å². The minimum absolute atomic E-state index is 0. The highest BCUT2D eigenvalue weighted by atomic mass is 127. The van der Waals surface area contributed by atoms with Gasteiger partial charge in [0.1, 0.15) is 5.82 Å². The Kier molecular flexibility index (Phi) is 10.5. The van der Waals surface area contributed by atoms with Gasteiger partial charge in [-0.3, -0.25) is 4.79 Å². The summed E-state index contributed by atoms with van der Waals surface area (Å²) in [5.74, 6) is 0.415. The van der Waals surface area contributed by atoms with Crippen LogP contribution in [0.25, 0.3) is 10.9 Å². The lowest BCUT2D eigenvalue weighted by Gasteiger charge is -2.11. The Morgan fingerprint density at radius 2 is 1.91 bits per heavy atom. The SMILES string of the molecule is CCCNC(=O)c1cccc(CN=C(NCC)NCCc2c[nH]c3cc(F)ccc23)c1.I. The zero-order chi connectivity index (χ0) is 22.1. The van der Waals surface area contributed by atoms with Gasteiger partial charge in [-0.05, 0) is 61.2 Å². The van der Waals surface area contributed by atoms with E-state index in [-0.39, 0.29) is 35.7 Å². The molecule has 0 aliphatic carbocycles. The predicted molar refractivity (Wildman–Crippen MR) is 139 cm³/mol. The van der Waals surface area contributed by atoms with Crippen LogP contribution in [0.5, 0.6) is 0 Å². The van der Waals surface area contributed by atoms with Gasteiger partial charge < -0.3 is 20.9 Å². The average molecular weight is 551 g/mol. The first-order chi connectivity index (χ1) is 15.1. The standard InChI is InChI=1S/C24H30FN5O.HI/c1-3-11-27-23(31)18-7-5-6-17(13-18)15-30-24(26-4-2)28-12-10-19-16-29-22-14-20(25)8-9-21(19)22;/h5-9,13-14,16,29H,3-4,10-12,15H2,1-2H3,(H,27,31)(H2,26,28,30);1H. The summed E-state index contributed by atoms with van der Waals surface area (Å²) in [6.45, 7) is 6.62. The third-order valence-corrected chi connectivity index (χ3v) is 4.90. The molecule has 0 atom stereocenters. The smallest absolute Gasteiger partial charge is 0.251 e. The van der Waals surface area contributed by atoms with Crippen LogP contribution in [0, 0.1) is 5.82 Å². The average Bonchev–Trinajstić information content (AvgIpc) is 3.17. The van der Waals surface area contributed by atoms with Crippen molar-refractivity contribution < 1.29 is 9.18 Å². The minimum Gasteiger partial charge on any atom is -0.361 e. The number of carbonyl (C=O) groups is 1. The number of nitrogens with one attached hydrogen (secondary N) is 4. The molecule has 1 heterocycles. The zero-order valence-corrected chi connectivity index (χ0v) is 20.8. The molecule has 4 N–H and O–H groups in total. The molecule has 1 aromatic heterocycles. The van der Waals surface area contributed by atoms with Crippen molar-refractivity contribution in [3.05, 3.63) is 71.2 Å². The molecule has 2 aromatic carbocycles. The second-order valence-electron chi connectivity index (χ2n) is 7.33. The van der Waals surface area contributed by atoms with Crippen molar-refractivity contribution in [3.8, 4) is 0 Å². The van der Waals surface area contributed by atoms with Crippen LogP contribution < -0.4 is 16.0 Å². The van der Waals surface area contributed by atoms with Crippen molar-refractivity contribution >= 4 is 46.7 Å². The van der Waals surface area contributed by atoms with Crippen molar-refractivity contribution in [2.24, 2.45) is 4.99 Å². The quantitative estimate of drug-likeness (QED) is 0.181. The molecule has 8 heteroatoms. The molecular weight excluding hydrogens is 520 g/mol. The molecule has 1 amide bonds. The normalized spacial score (nSPS) is 11.2. The Morgan fingerprint density at radius 1 is 1.06 bits per heavy atom. The van der Waals surface area contributed by atoms with E-state index in [2.05, 4.69) is 25.9 Å². The summed E-state index contributed by atoms with van der Waals surface area (Å²) in [5.41, 5.74) is 3.55. The molecular formula is C24H31FIN5O. The van der Waals surface area contributed by atoms with E-state index in [0.717, 1.165) is 41.4 Å². The van der Waals surface area contributed by atoms with Gasteiger partial charge >= 0.3 is 0 Å². The van der Waals surface area contributed by atoms with Gasteiger partial charge in [-0.1, -0.05) is 19.1 Å². The monoisotopic (exact) mass is 551 g/mol. The van der Waals surface area contributed by atoms with Gasteiger partial charge in [0.2, 0.25) is 0 Å². The van der Waals surface area contributed by atoms with E-state index >= 15 is 0 Å². The highest BCUT2D eigenvalue weighted by Crippen LogP contribution is 2.19. The molecule has 0 aliphatic heterocycles. The van der Waals surface area contributed by atoms with Gasteiger partial charge in [-0.25, -0.2) is 9.38 Å². The van der Waals surface area contributed by atoms with Gasteiger partial charge in [0.25, 0.3) is 5.91 Å². The summed E-state index contributed by atoms with van der Waals surface area (Å²) in [7, 11) is 0. The summed E-state index contributed by atoms with van der Waals surface area (Å²) >= 11 is 0. The molecule has 32 heavy (non-hydrogen) atoms. The number of hydrogen-bond acceptors (Lipinski definition) is 2. The first kappa shape index (κ1) is 25.6. The number of nitrogens with zero attached hydrogens (tertiary/aromatic N) is 1. The third-order valence-electron chi connectivity index (χ3n) is 4.90. The fourth-order valence-corrected chi connectivity index (χ4v) is 3.34. The Balaban J connectivity index is 0.00000363. The lowest BCUT2D eigenvalue weighted by molar-refractivity contribution is 0.0953. The van der Waals surface area contributed by atoms with Crippen LogP contribution in [-0.2, 0) is 13.0 Å². The summed E-state index contributed by atoms with van der Waals surface area (Å²) in [5, 5.41) is 10.5. The van der Waals surface area contributed by atoms with Gasteiger partial charge in [0.05, 0.1) is 6.54 Å². The number of aliphatic imine (C=N–C) groups is 1. The minimum atomic E-state index is -0.243. The van der Waals surface area contributed by atoms with Crippen molar-refractivity contribution in [2.75, 3.05) is 19.6 Å². The predicted octanol–water partition coefficient (Wildman–Crippen LogP) is 4.36. The first-order valence-corrected chi connectivity index (χ1v) is 10.8. The second kappa shape index (κ2) is 13.0. The number of fused-ring (bicyclic) bond motifs is 1. The first-order valence-electron chi connectivity index (χ1n) is 10.8. The van der Waals surface area contributed by atoms with Crippen LogP contribution in [0.1, 0.15) is 41.8 Å². The Morgan fingerprint density at radius 3 is 2.69 bits per heavy atom. The second-order valence-corrected chi connectivity index (χ2v) is 7.33. The Bertz CT molecular complexity index is 1050. The Hall–Kier alpha value is -2.62. The molecule has 3 rings (SSSR count). The lowest BCUT2D eigenvalue weighted by atomic mass is 10.1. The summed E-state index contributed by atoms with van der Waals surface area (Å²) in [4.78, 5) is 19.9. The largest absolute Gasteiger partial charge is 0.361 e. The van der Waals surface area contributed by atoms with E-state index in [9.17, 15) is 9.18 Å². The third kappa shape index (κ3) is 7.22. The number of amides is 1. The summed E-state index contributed by atoms with van der Waals surface area (Å²) in [6.07, 6.45) is 3.61. The van der Waals surface area contributed by atoms with E-state index in [0.29, 0.717) is 31.2 Å². The zero-order valence-electron chi connectivity index (χ0n) is 18.5. The molecule has 0 saturated heterocycles. The van der Waals surface area contributed by atoms with E-state index < -0.39 is 0 Å². The van der Waals surface area contributed by atoms with Crippen LogP contribution in [-0.4, -0.2) is 36.5 Å². The number of aromatic amines is 1. The van der Waals surface area contributed by atoms with Gasteiger partial charge in [-0.15, -0.1) is 24.0 Å². The van der Waals surface area contributed by atoms with Crippen LogP contribution >= 0.6 is 24.0 Å². The number of guanidine groups is 1. The van der Waals surface area contributed by atoms with E-state index in [1.54, 1.807) is 6.07 Å². The number of halogens is 2.